The van der Waals surface area contributed by atoms with E-state index < -0.39 is 0 Å². The third-order valence-electron chi connectivity index (χ3n) is 2.88. The van der Waals surface area contributed by atoms with Gasteiger partial charge in [-0.1, -0.05) is 58.4 Å². The Morgan fingerprint density at radius 3 is 2.06 bits per heavy atom. The van der Waals surface area contributed by atoms with E-state index >= 15 is 0 Å². The summed E-state index contributed by atoms with van der Waals surface area (Å²) in [7, 11) is 0. The molecule has 18 heavy (non-hydrogen) atoms. The molecule has 1 radical (unpaired) electrons. The Hall–Kier alpha value is -1.12. The Morgan fingerprint density at radius 2 is 1.50 bits per heavy atom. The van der Waals surface area contributed by atoms with Crippen LogP contribution in [-0.2, 0) is 0 Å². The van der Waals surface area contributed by atoms with Gasteiger partial charge in [-0.2, -0.15) is 0 Å². The van der Waals surface area contributed by atoms with Gasteiger partial charge in [0.05, 0.1) is 0 Å². The van der Waals surface area contributed by atoms with Gasteiger partial charge in [-0.25, -0.2) is 0 Å². The molecule has 0 fully saturated rings. The van der Waals surface area contributed by atoms with Crippen LogP contribution < -0.4 is 5.73 Å². The minimum atomic E-state index is 0.0684. The quantitative estimate of drug-likeness (QED) is 0.903. The monoisotopic (exact) mass is 302 g/mol. The molecule has 2 heteroatoms. The van der Waals surface area contributed by atoms with Crippen molar-refractivity contribution in [3.8, 4) is 0 Å². The second-order valence-electron chi connectivity index (χ2n) is 4.49. The summed E-state index contributed by atoms with van der Waals surface area (Å²) >= 11 is 3.47. The molecule has 2 unspecified atom stereocenters. The fourth-order valence-corrected chi connectivity index (χ4v) is 2.31. The Morgan fingerprint density at radius 1 is 0.944 bits per heavy atom. The highest BCUT2D eigenvalue weighted by atomic mass is 79.9. The van der Waals surface area contributed by atoms with E-state index in [1.165, 1.54) is 11.1 Å². The minimum Gasteiger partial charge on any atom is -0.328 e. The van der Waals surface area contributed by atoms with Crippen LogP contribution in [0.2, 0.25) is 0 Å². The molecule has 1 nitrogen and oxygen atoms in total. The smallest absolute Gasteiger partial charge is 0.0175 e. The molecule has 2 aromatic carbocycles. The summed E-state index contributed by atoms with van der Waals surface area (Å²) in [5, 5.41) is 0. The van der Waals surface area contributed by atoms with E-state index in [0.29, 0.717) is 0 Å². The molecule has 93 valence electrons. The van der Waals surface area contributed by atoms with Gasteiger partial charge in [0.2, 0.25) is 0 Å². The Labute approximate surface area is 117 Å². The molecule has 2 atom stereocenters. The van der Waals surface area contributed by atoms with Gasteiger partial charge in [-0.05, 0) is 36.6 Å². The standard InChI is InChI=1S/C16H17BrN/c1-12(18)11-16(13-5-3-2-4-6-13)14-7-9-15(17)10-8-14/h2-12,16H,18H2,1H3. The highest BCUT2D eigenvalue weighted by Crippen LogP contribution is 2.28. The van der Waals surface area contributed by atoms with Crippen LogP contribution in [0.3, 0.4) is 0 Å². The van der Waals surface area contributed by atoms with Gasteiger partial charge >= 0.3 is 0 Å². The maximum absolute atomic E-state index is 5.93. The van der Waals surface area contributed by atoms with Crippen molar-refractivity contribution in [2.24, 2.45) is 5.73 Å². The first-order valence-corrected chi connectivity index (χ1v) is 6.87. The largest absolute Gasteiger partial charge is 0.328 e. The molecule has 0 heterocycles. The van der Waals surface area contributed by atoms with Crippen LogP contribution >= 0.6 is 15.9 Å². The summed E-state index contributed by atoms with van der Waals surface area (Å²) in [5.41, 5.74) is 8.47. The summed E-state index contributed by atoms with van der Waals surface area (Å²) in [4.78, 5) is 0. The van der Waals surface area contributed by atoms with E-state index in [0.717, 1.165) is 4.47 Å². The molecule has 0 aliphatic heterocycles. The number of halogens is 1. The second kappa shape index (κ2) is 6.17. The zero-order valence-corrected chi connectivity index (χ0v) is 12.0. The minimum absolute atomic E-state index is 0.0684. The van der Waals surface area contributed by atoms with Gasteiger partial charge in [0.1, 0.15) is 0 Å². The normalized spacial score (nSPS) is 14.2. The number of hydrogen-bond acceptors (Lipinski definition) is 1. The van der Waals surface area contributed by atoms with Gasteiger partial charge in [-0.3, -0.25) is 0 Å². The summed E-state index contributed by atoms with van der Waals surface area (Å²) in [6.07, 6.45) is 2.18. The highest BCUT2D eigenvalue weighted by Gasteiger charge is 2.15. The molecular weight excluding hydrogens is 286 g/mol. The van der Waals surface area contributed by atoms with E-state index in [2.05, 4.69) is 70.9 Å². The average Bonchev–Trinajstić information content (AvgIpc) is 2.38. The van der Waals surface area contributed by atoms with E-state index in [4.69, 9.17) is 5.73 Å². The predicted molar refractivity (Wildman–Crippen MR) is 80.4 cm³/mol. The molecule has 0 saturated heterocycles. The van der Waals surface area contributed by atoms with E-state index in [1.807, 2.05) is 13.0 Å². The summed E-state index contributed by atoms with van der Waals surface area (Å²) in [5.74, 6) is 0.249. The molecular formula is C16H17BrN. The van der Waals surface area contributed by atoms with E-state index in [1.54, 1.807) is 0 Å². The van der Waals surface area contributed by atoms with Crippen LogP contribution in [0.15, 0.2) is 59.1 Å². The van der Waals surface area contributed by atoms with Crippen molar-refractivity contribution in [3.05, 3.63) is 76.6 Å². The van der Waals surface area contributed by atoms with Gasteiger partial charge in [0.25, 0.3) is 0 Å². The summed E-state index contributed by atoms with van der Waals surface area (Å²) in [6, 6.07) is 18.9. The first kappa shape index (κ1) is 13.3. The Balaban J connectivity index is 2.33. The molecule has 0 spiro atoms. The lowest BCUT2D eigenvalue weighted by molar-refractivity contribution is 0.761. The van der Waals surface area contributed by atoms with Crippen molar-refractivity contribution >= 4 is 15.9 Å². The zero-order valence-electron chi connectivity index (χ0n) is 10.4. The van der Waals surface area contributed by atoms with Crippen molar-refractivity contribution in [3.63, 3.8) is 0 Å². The third-order valence-corrected chi connectivity index (χ3v) is 3.41. The topological polar surface area (TPSA) is 26.0 Å². The molecule has 0 aromatic heterocycles. The van der Waals surface area contributed by atoms with Crippen molar-refractivity contribution in [1.82, 2.24) is 0 Å². The average molecular weight is 303 g/mol. The lowest BCUT2D eigenvalue weighted by Crippen LogP contribution is -2.20. The summed E-state index contributed by atoms with van der Waals surface area (Å²) in [6.45, 7) is 2.01. The van der Waals surface area contributed by atoms with Crippen LogP contribution in [0.25, 0.3) is 0 Å². The second-order valence-corrected chi connectivity index (χ2v) is 5.41. The highest BCUT2D eigenvalue weighted by molar-refractivity contribution is 9.10. The number of benzene rings is 2. The lowest BCUT2D eigenvalue weighted by Gasteiger charge is -2.19. The Kier molecular flexibility index (Phi) is 4.56. The zero-order chi connectivity index (χ0) is 13.0. The lowest BCUT2D eigenvalue weighted by atomic mass is 9.86. The Bertz CT molecular complexity index is 476. The molecule has 2 rings (SSSR count). The molecule has 2 N–H and O–H groups in total. The first-order valence-electron chi connectivity index (χ1n) is 6.08. The van der Waals surface area contributed by atoms with Crippen LogP contribution in [0.5, 0.6) is 0 Å². The van der Waals surface area contributed by atoms with Gasteiger partial charge in [0, 0.05) is 16.4 Å². The van der Waals surface area contributed by atoms with Crippen molar-refractivity contribution < 1.29 is 0 Å². The SMILES string of the molecule is CC(N)[CH]C(c1ccccc1)c1ccc(Br)cc1. The first-order chi connectivity index (χ1) is 8.66. The molecule has 0 amide bonds. The van der Waals surface area contributed by atoms with Crippen molar-refractivity contribution in [2.75, 3.05) is 0 Å². The molecule has 0 bridgehead atoms. The van der Waals surface area contributed by atoms with Crippen LogP contribution in [-0.4, -0.2) is 6.04 Å². The summed E-state index contributed by atoms with van der Waals surface area (Å²) < 4.78 is 1.10. The molecule has 0 aliphatic rings. The predicted octanol–water partition coefficient (Wildman–Crippen LogP) is 4.13. The third kappa shape index (κ3) is 3.44. The van der Waals surface area contributed by atoms with Crippen molar-refractivity contribution in [2.45, 2.75) is 18.9 Å². The number of rotatable bonds is 4. The maximum Gasteiger partial charge on any atom is 0.0175 e. The van der Waals surface area contributed by atoms with Crippen LogP contribution in [0.1, 0.15) is 24.0 Å². The van der Waals surface area contributed by atoms with Crippen LogP contribution in [0, 0.1) is 6.42 Å². The molecule has 2 aromatic rings. The molecule has 0 aliphatic carbocycles. The van der Waals surface area contributed by atoms with Gasteiger partial charge < -0.3 is 5.73 Å². The number of nitrogens with two attached hydrogens (primary N) is 1. The van der Waals surface area contributed by atoms with Crippen molar-refractivity contribution in [1.29, 1.82) is 0 Å². The van der Waals surface area contributed by atoms with Crippen LogP contribution in [0.4, 0.5) is 0 Å². The van der Waals surface area contributed by atoms with Gasteiger partial charge in [0.15, 0.2) is 0 Å². The van der Waals surface area contributed by atoms with E-state index in [9.17, 15) is 0 Å². The fraction of sp³-hybridized carbons (Fsp3) is 0.188. The number of hydrogen-bond donors (Lipinski definition) is 1. The van der Waals surface area contributed by atoms with E-state index in [-0.39, 0.29) is 12.0 Å². The van der Waals surface area contributed by atoms with Gasteiger partial charge in [-0.15, -0.1) is 0 Å². The molecule has 0 saturated carbocycles. The maximum atomic E-state index is 5.93. The fourth-order valence-electron chi connectivity index (χ4n) is 2.05.